The number of likely N-dealkylation sites (N-methyl/N-ethyl adjacent to an activating group) is 1. The second kappa shape index (κ2) is 8.34. The van der Waals surface area contributed by atoms with E-state index in [1.165, 1.54) is 11.9 Å². The number of nitrogens with zero attached hydrogens (tertiary/aromatic N) is 1. The number of aryl methyl sites for hydroxylation is 3. The van der Waals surface area contributed by atoms with Crippen molar-refractivity contribution >= 4 is 22.7 Å². The first-order valence-corrected chi connectivity index (χ1v) is 9.81. The number of primary amides is 1. The van der Waals surface area contributed by atoms with E-state index in [2.05, 4.69) is 11.6 Å². The molecule has 31 heavy (non-hydrogen) atoms. The van der Waals surface area contributed by atoms with Crippen molar-refractivity contribution < 1.29 is 18.4 Å². The van der Waals surface area contributed by atoms with Gasteiger partial charge in [-0.05, 0) is 55.2 Å². The third-order valence-corrected chi connectivity index (χ3v) is 5.69. The number of hydrogen-bond acceptors (Lipinski definition) is 2. The summed E-state index contributed by atoms with van der Waals surface area (Å²) in [5.41, 5.74) is 8.90. The Kier molecular flexibility index (Phi) is 5.97. The molecule has 0 saturated carbocycles. The van der Waals surface area contributed by atoms with Crippen LogP contribution in [0.1, 0.15) is 38.9 Å². The number of nitrogens with one attached hydrogen (secondary N) is 1. The number of benzene rings is 2. The lowest BCUT2D eigenvalue weighted by molar-refractivity contribution is -0.125. The van der Waals surface area contributed by atoms with Crippen LogP contribution in [-0.2, 0) is 4.79 Å². The third-order valence-electron chi connectivity index (χ3n) is 5.69. The molecule has 0 bridgehead atoms. The van der Waals surface area contributed by atoms with Crippen molar-refractivity contribution in [3.63, 3.8) is 0 Å². The van der Waals surface area contributed by atoms with Gasteiger partial charge in [0.2, 0.25) is 5.91 Å². The number of aromatic amines is 1. The van der Waals surface area contributed by atoms with Crippen molar-refractivity contribution in [2.75, 3.05) is 13.6 Å². The molecule has 7 heteroatoms. The fraction of sp³-hybridized carbons (Fsp3) is 0.250. The van der Waals surface area contributed by atoms with Crippen LogP contribution in [0.15, 0.2) is 36.9 Å². The highest BCUT2D eigenvalue weighted by molar-refractivity contribution is 6.11. The lowest BCUT2D eigenvalue weighted by Crippen LogP contribution is -2.28. The maximum Gasteiger partial charge on any atom is 0.250 e. The van der Waals surface area contributed by atoms with Crippen molar-refractivity contribution in [2.45, 2.75) is 26.9 Å². The van der Waals surface area contributed by atoms with Crippen LogP contribution in [-0.4, -0.2) is 35.3 Å². The van der Waals surface area contributed by atoms with E-state index in [-0.39, 0.29) is 23.2 Å². The molecule has 5 nitrogen and oxygen atoms in total. The van der Waals surface area contributed by atoms with Gasteiger partial charge in [-0.2, -0.15) is 0 Å². The van der Waals surface area contributed by atoms with E-state index in [1.54, 1.807) is 32.0 Å². The topological polar surface area (TPSA) is 79.2 Å². The lowest BCUT2D eigenvalue weighted by Gasteiger charge is -2.22. The normalized spacial score (nSPS) is 12.1. The van der Waals surface area contributed by atoms with Gasteiger partial charge in [0.15, 0.2) is 0 Å². The summed E-state index contributed by atoms with van der Waals surface area (Å²) in [5, 5.41) is 0.487. The molecule has 162 valence electrons. The van der Waals surface area contributed by atoms with Crippen LogP contribution >= 0.6 is 0 Å². The minimum Gasteiger partial charge on any atom is -0.366 e. The summed E-state index contributed by atoms with van der Waals surface area (Å²) in [5.74, 6) is -1.83. The van der Waals surface area contributed by atoms with Crippen LogP contribution in [0.4, 0.5) is 8.78 Å². The number of fused-ring (bicyclic) bond motifs is 1. The molecular formula is C24H25F2N3O2. The van der Waals surface area contributed by atoms with Gasteiger partial charge in [0.25, 0.3) is 5.91 Å². The number of carbonyl (C=O) groups excluding carboxylic acids is 2. The summed E-state index contributed by atoms with van der Waals surface area (Å²) in [6.45, 7) is 8.57. The number of halogens is 2. The van der Waals surface area contributed by atoms with Gasteiger partial charge < -0.3 is 15.6 Å². The molecule has 3 rings (SSSR count). The number of hydrogen-bond donors (Lipinski definition) is 2. The molecule has 1 heterocycles. The zero-order valence-corrected chi connectivity index (χ0v) is 18.0. The predicted octanol–water partition coefficient (Wildman–Crippen LogP) is 4.65. The smallest absolute Gasteiger partial charge is 0.250 e. The number of aromatic nitrogens is 1. The molecule has 3 aromatic rings. The Hall–Kier alpha value is -3.48. The second-order valence-corrected chi connectivity index (χ2v) is 7.70. The van der Waals surface area contributed by atoms with E-state index in [0.29, 0.717) is 22.0 Å². The standard InChI is InChI=1S/C24H25F2N3O2/c1-6-19(30)29(5)11-18(26)20-12(2)8-7-9-15(20)22-17(25)10-16(24(27)31)23-21(22)13(3)14(4)28-23/h6-10,18,28H,1,11H2,2-5H3,(H2,27,31). The molecule has 0 radical (unpaired) electrons. The number of H-pyrrole nitrogens is 1. The van der Waals surface area contributed by atoms with E-state index < -0.39 is 23.8 Å². The Morgan fingerprint density at radius 1 is 1.29 bits per heavy atom. The van der Waals surface area contributed by atoms with Crippen molar-refractivity contribution in [1.29, 1.82) is 0 Å². The summed E-state index contributed by atoms with van der Waals surface area (Å²) < 4.78 is 30.9. The Balaban J connectivity index is 2.30. The third kappa shape index (κ3) is 3.83. The molecule has 1 unspecified atom stereocenters. The second-order valence-electron chi connectivity index (χ2n) is 7.70. The first kappa shape index (κ1) is 22.2. The molecule has 0 fully saturated rings. The summed E-state index contributed by atoms with van der Waals surface area (Å²) in [7, 11) is 1.48. The van der Waals surface area contributed by atoms with Gasteiger partial charge in [0.1, 0.15) is 12.0 Å². The molecule has 2 aromatic carbocycles. The van der Waals surface area contributed by atoms with Gasteiger partial charge >= 0.3 is 0 Å². The van der Waals surface area contributed by atoms with E-state index in [9.17, 15) is 9.59 Å². The highest BCUT2D eigenvalue weighted by atomic mass is 19.1. The molecule has 0 saturated heterocycles. The van der Waals surface area contributed by atoms with E-state index >= 15 is 8.78 Å². The summed E-state index contributed by atoms with van der Waals surface area (Å²) in [4.78, 5) is 28.1. The van der Waals surface area contributed by atoms with E-state index in [0.717, 1.165) is 23.4 Å². The minimum absolute atomic E-state index is 0.0368. The quantitative estimate of drug-likeness (QED) is 0.564. The molecule has 0 spiro atoms. The highest BCUT2D eigenvalue weighted by Gasteiger charge is 2.26. The van der Waals surface area contributed by atoms with Crippen LogP contribution in [0.25, 0.3) is 22.0 Å². The van der Waals surface area contributed by atoms with Crippen molar-refractivity contribution in [2.24, 2.45) is 5.73 Å². The van der Waals surface area contributed by atoms with E-state index in [1.807, 2.05) is 6.92 Å². The van der Waals surface area contributed by atoms with Crippen molar-refractivity contribution in [1.82, 2.24) is 9.88 Å². The van der Waals surface area contributed by atoms with Crippen LogP contribution in [0.5, 0.6) is 0 Å². The molecular weight excluding hydrogens is 400 g/mol. The number of alkyl halides is 1. The van der Waals surface area contributed by atoms with Crippen LogP contribution < -0.4 is 5.73 Å². The van der Waals surface area contributed by atoms with Crippen molar-refractivity contribution in [3.05, 3.63) is 70.7 Å². The molecule has 1 aromatic heterocycles. The zero-order chi connectivity index (χ0) is 23.0. The van der Waals surface area contributed by atoms with Crippen LogP contribution in [0, 0.1) is 26.6 Å². The summed E-state index contributed by atoms with van der Waals surface area (Å²) >= 11 is 0. The van der Waals surface area contributed by atoms with Crippen LogP contribution in [0.2, 0.25) is 0 Å². The fourth-order valence-corrected chi connectivity index (χ4v) is 3.97. The number of carbonyl (C=O) groups is 2. The Bertz CT molecular complexity index is 1210. The summed E-state index contributed by atoms with van der Waals surface area (Å²) in [6.07, 6.45) is -0.445. The summed E-state index contributed by atoms with van der Waals surface area (Å²) in [6, 6.07) is 6.19. The SMILES string of the molecule is C=CC(=O)N(C)CC(F)c1c(C)cccc1-c1c(F)cc(C(N)=O)c2[nH]c(C)c(C)c12. The molecule has 3 N–H and O–H groups in total. The molecule has 0 aliphatic heterocycles. The van der Waals surface area contributed by atoms with E-state index in [4.69, 9.17) is 5.73 Å². The Labute approximate surface area is 179 Å². The first-order chi connectivity index (χ1) is 14.6. The minimum atomic E-state index is -1.56. The van der Waals surface area contributed by atoms with Gasteiger partial charge in [-0.15, -0.1) is 0 Å². The average Bonchev–Trinajstić information content (AvgIpc) is 3.00. The van der Waals surface area contributed by atoms with Crippen molar-refractivity contribution in [3.8, 4) is 11.1 Å². The van der Waals surface area contributed by atoms with Gasteiger partial charge in [-0.1, -0.05) is 24.8 Å². The van der Waals surface area contributed by atoms with Crippen LogP contribution in [0.3, 0.4) is 0 Å². The fourth-order valence-electron chi connectivity index (χ4n) is 3.97. The van der Waals surface area contributed by atoms with Gasteiger partial charge in [-0.3, -0.25) is 9.59 Å². The average molecular weight is 425 g/mol. The first-order valence-electron chi connectivity index (χ1n) is 9.81. The molecule has 0 aliphatic rings. The number of amides is 2. The van der Waals surface area contributed by atoms with Gasteiger partial charge in [0.05, 0.1) is 17.6 Å². The molecule has 0 aliphatic carbocycles. The van der Waals surface area contributed by atoms with Gasteiger partial charge in [-0.25, -0.2) is 8.78 Å². The Morgan fingerprint density at radius 2 is 1.97 bits per heavy atom. The molecule has 2 amide bonds. The largest absolute Gasteiger partial charge is 0.366 e. The maximum atomic E-state index is 15.5. The molecule has 1 atom stereocenters. The predicted molar refractivity (Wildman–Crippen MR) is 118 cm³/mol. The maximum absolute atomic E-state index is 15.5. The Morgan fingerprint density at radius 3 is 2.58 bits per heavy atom. The van der Waals surface area contributed by atoms with Gasteiger partial charge in [0, 0.05) is 23.7 Å². The number of rotatable bonds is 6. The monoisotopic (exact) mass is 425 g/mol. The zero-order valence-electron chi connectivity index (χ0n) is 18.0. The lowest BCUT2D eigenvalue weighted by atomic mass is 9.88. The number of nitrogens with two attached hydrogens (primary N) is 1. The highest BCUT2D eigenvalue weighted by Crippen LogP contribution is 2.41.